The van der Waals surface area contributed by atoms with E-state index in [1.54, 1.807) is 0 Å². The summed E-state index contributed by atoms with van der Waals surface area (Å²) in [6.07, 6.45) is 0. The van der Waals surface area contributed by atoms with Gasteiger partial charge in [0.05, 0.1) is 0 Å². The Morgan fingerprint density at radius 1 is 0.724 bits per heavy atom. The molecule has 0 saturated carbocycles. The standard InChI is InChI=1S/C25H34N2O2/c1-17(27-23(29)19-10-14-21(15-11-19)25(5,6)7)16-26-22(28)18-8-12-20(13-9-18)24(2,3)4/h8-15,17H,16H2,1-7H3,(H,26,28)(H,27,29). The summed E-state index contributed by atoms with van der Waals surface area (Å²) in [7, 11) is 0. The van der Waals surface area contributed by atoms with Gasteiger partial charge in [-0.3, -0.25) is 9.59 Å². The zero-order valence-corrected chi connectivity index (χ0v) is 18.7. The molecule has 29 heavy (non-hydrogen) atoms. The van der Waals surface area contributed by atoms with Crippen molar-refractivity contribution >= 4 is 11.8 Å². The lowest BCUT2D eigenvalue weighted by atomic mass is 9.86. The minimum atomic E-state index is -0.178. The number of carbonyl (C=O) groups excluding carboxylic acids is 2. The molecule has 0 spiro atoms. The molecule has 4 nitrogen and oxygen atoms in total. The molecule has 156 valence electrons. The van der Waals surface area contributed by atoms with Gasteiger partial charge in [0.1, 0.15) is 0 Å². The van der Waals surface area contributed by atoms with Gasteiger partial charge in [0.15, 0.2) is 0 Å². The predicted octanol–water partition coefficient (Wildman–Crippen LogP) is 4.83. The van der Waals surface area contributed by atoms with E-state index in [0.717, 1.165) is 0 Å². The number of nitrogens with one attached hydrogen (secondary N) is 2. The summed E-state index contributed by atoms with van der Waals surface area (Å²) in [5.41, 5.74) is 3.72. The molecule has 0 aliphatic rings. The van der Waals surface area contributed by atoms with Crippen molar-refractivity contribution in [2.75, 3.05) is 6.54 Å². The SMILES string of the molecule is CC(CNC(=O)c1ccc(C(C)(C)C)cc1)NC(=O)c1ccc(C(C)(C)C)cc1. The molecule has 0 radical (unpaired) electrons. The van der Waals surface area contributed by atoms with Crippen molar-refractivity contribution in [1.82, 2.24) is 10.6 Å². The monoisotopic (exact) mass is 394 g/mol. The number of rotatable bonds is 5. The quantitative estimate of drug-likeness (QED) is 0.763. The van der Waals surface area contributed by atoms with Crippen molar-refractivity contribution < 1.29 is 9.59 Å². The Kier molecular flexibility index (Phi) is 6.89. The first-order chi connectivity index (χ1) is 13.4. The van der Waals surface area contributed by atoms with Crippen LogP contribution in [-0.4, -0.2) is 24.4 Å². The van der Waals surface area contributed by atoms with Crippen LogP contribution in [0.4, 0.5) is 0 Å². The summed E-state index contributed by atoms with van der Waals surface area (Å²) in [4.78, 5) is 24.8. The second-order valence-electron chi connectivity index (χ2n) is 9.74. The molecule has 0 aliphatic carbocycles. The Labute approximate surface area is 175 Å². The van der Waals surface area contributed by atoms with Gasteiger partial charge < -0.3 is 10.6 Å². The molecule has 0 saturated heterocycles. The number of hydrogen-bond acceptors (Lipinski definition) is 2. The maximum absolute atomic E-state index is 12.4. The molecule has 1 unspecified atom stereocenters. The highest BCUT2D eigenvalue weighted by molar-refractivity contribution is 5.95. The molecular formula is C25H34N2O2. The highest BCUT2D eigenvalue weighted by atomic mass is 16.2. The summed E-state index contributed by atoms with van der Waals surface area (Å²) in [5, 5.41) is 5.83. The minimum absolute atomic E-state index is 0.0532. The Morgan fingerprint density at radius 3 is 1.48 bits per heavy atom. The number of hydrogen-bond donors (Lipinski definition) is 2. The van der Waals surface area contributed by atoms with Crippen molar-refractivity contribution in [3.05, 3.63) is 70.8 Å². The fourth-order valence-electron chi connectivity index (χ4n) is 2.95. The van der Waals surface area contributed by atoms with Crippen LogP contribution in [0.2, 0.25) is 0 Å². The smallest absolute Gasteiger partial charge is 0.251 e. The molecule has 2 aromatic carbocycles. The van der Waals surface area contributed by atoms with Gasteiger partial charge in [-0.2, -0.15) is 0 Å². The van der Waals surface area contributed by atoms with Crippen LogP contribution in [0.5, 0.6) is 0 Å². The van der Waals surface area contributed by atoms with Crippen LogP contribution < -0.4 is 10.6 Å². The Bertz CT molecular complexity index is 838. The van der Waals surface area contributed by atoms with Gasteiger partial charge in [-0.15, -0.1) is 0 Å². The molecule has 2 rings (SSSR count). The van der Waals surface area contributed by atoms with Crippen LogP contribution in [-0.2, 0) is 10.8 Å². The van der Waals surface area contributed by atoms with E-state index >= 15 is 0 Å². The van der Waals surface area contributed by atoms with E-state index in [0.29, 0.717) is 17.7 Å². The van der Waals surface area contributed by atoms with Gasteiger partial charge >= 0.3 is 0 Å². The van der Waals surface area contributed by atoms with Crippen molar-refractivity contribution in [1.29, 1.82) is 0 Å². The third kappa shape index (κ3) is 6.45. The first-order valence-corrected chi connectivity index (χ1v) is 10.2. The second-order valence-corrected chi connectivity index (χ2v) is 9.74. The number of carbonyl (C=O) groups is 2. The molecule has 2 aromatic rings. The largest absolute Gasteiger partial charge is 0.350 e. The molecule has 0 fully saturated rings. The summed E-state index contributed by atoms with van der Waals surface area (Å²) >= 11 is 0. The summed E-state index contributed by atoms with van der Waals surface area (Å²) in [6.45, 7) is 15.1. The van der Waals surface area contributed by atoms with E-state index in [9.17, 15) is 9.59 Å². The lowest BCUT2D eigenvalue weighted by Gasteiger charge is -2.20. The Balaban J connectivity index is 1.88. The van der Waals surface area contributed by atoms with E-state index in [-0.39, 0.29) is 28.7 Å². The fraction of sp³-hybridized carbons (Fsp3) is 0.440. The van der Waals surface area contributed by atoms with Crippen LogP contribution in [0, 0.1) is 0 Å². The first kappa shape index (κ1) is 22.7. The van der Waals surface area contributed by atoms with Crippen molar-refractivity contribution in [3.8, 4) is 0 Å². The highest BCUT2D eigenvalue weighted by Crippen LogP contribution is 2.23. The van der Waals surface area contributed by atoms with Crippen molar-refractivity contribution in [2.45, 2.75) is 65.3 Å². The lowest BCUT2D eigenvalue weighted by Crippen LogP contribution is -2.41. The molecule has 0 aliphatic heterocycles. The second kappa shape index (κ2) is 8.81. The normalized spacial score (nSPS) is 12.9. The summed E-state index contributed by atoms with van der Waals surface area (Å²) < 4.78 is 0. The summed E-state index contributed by atoms with van der Waals surface area (Å²) in [5.74, 6) is -0.275. The maximum atomic E-state index is 12.4. The van der Waals surface area contributed by atoms with Gasteiger partial charge in [-0.25, -0.2) is 0 Å². The highest BCUT2D eigenvalue weighted by Gasteiger charge is 2.17. The Morgan fingerprint density at radius 2 is 1.10 bits per heavy atom. The molecular weight excluding hydrogens is 360 g/mol. The van der Waals surface area contributed by atoms with E-state index < -0.39 is 0 Å². The van der Waals surface area contributed by atoms with Crippen LogP contribution in [0.15, 0.2) is 48.5 Å². The van der Waals surface area contributed by atoms with Crippen molar-refractivity contribution in [3.63, 3.8) is 0 Å². The fourth-order valence-corrected chi connectivity index (χ4v) is 2.95. The van der Waals surface area contributed by atoms with Crippen LogP contribution >= 0.6 is 0 Å². The van der Waals surface area contributed by atoms with E-state index in [2.05, 4.69) is 52.2 Å². The first-order valence-electron chi connectivity index (χ1n) is 10.2. The molecule has 0 bridgehead atoms. The molecule has 0 aromatic heterocycles. The van der Waals surface area contributed by atoms with Crippen LogP contribution in [0.1, 0.15) is 80.3 Å². The zero-order valence-electron chi connectivity index (χ0n) is 18.7. The van der Waals surface area contributed by atoms with Crippen LogP contribution in [0.3, 0.4) is 0 Å². The van der Waals surface area contributed by atoms with Gasteiger partial charge in [-0.1, -0.05) is 65.8 Å². The Hall–Kier alpha value is -2.62. The average molecular weight is 395 g/mol. The van der Waals surface area contributed by atoms with E-state index in [4.69, 9.17) is 0 Å². The molecule has 2 amide bonds. The molecule has 2 N–H and O–H groups in total. The molecule has 1 atom stereocenters. The third-order valence-electron chi connectivity index (χ3n) is 4.97. The van der Waals surface area contributed by atoms with E-state index in [1.165, 1.54) is 11.1 Å². The van der Waals surface area contributed by atoms with Gasteiger partial charge in [0.2, 0.25) is 0 Å². The topological polar surface area (TPSA) is 58.2 Å². The predicted molar refractivity (Wildman–Crippen MR) is 120 cm³/mol. The van der Waals surface area contributed by atoms with Gasteiger partial charge in [0.25, 0.3) is 11.8 Å². The maximum Gasteiger partial charge on any atom is 0.251 e. The third-order valence-corrected chi connectivity index (χ3v) is 4.97. The summed E-state index contributed by atoms with van der Waals surface area (Å²) in [6, 6.07) is 15.2. The number of benzene rings is 2. The van der Waals surface area contributed by atoms with Gasteiger partial charge in [0, 0.05) is 23.7 Å². The average Bonchev–Trinajstić information content (AvgIpc) is 2.65. The molecule has 0 heterocycles. The lowest BCUT2D eigenvalue weighted by molar-refractivity contribution is 0.0912. The van der Waals surface area contributed by atoms with Crippen molar-refractivity contribution in [2.24, 2.45) is 0 Å². The van der Waals surface area contributed by atoms with Crippen LogP contribution in [0.25, 0.3) is 0 Å². The minimum Gasteiger partial charge on any atom is -0.350 e. The zero-order chi connectivity index (χ0) is 21.8. The van der Waals surface area contributed by atoms with E-state index in [1.807, 2.05) is 55.5 Å². The molecule has 4 heteroatoms. The number of amides is 2. The van der Waals surface area contributed by atoms with Gasteiger partial charge in [-0.05, 0) is 53.1 Å².